The molecular weight excluding hydrogens is 312 g/mol. The van der Waals surface area contributed by atoms with Gasteiger partial charge in [0.05, 0.1) is 6.04 Å². The van der Waals surface area contributed by atoms with Crippen LogP contribution in [0.4, 0.5) is 4.79 Å². The summed E-state index contributed by atoms with van der Waals surface area (Å²) in [5, 5.41) is 3.72. The fourth-order valence-corrected chi connectivity index (χ4v) is 2.60. The van der Waals surface area contributed by atoms with Gasteiger partial charge in [-0.25, -0.2) is 9.78 Å². The molecule has 6 heteroatoms. The summed E-state index contributed by atoms with van der Waals surface area (Å²) in [7, 11) is 3.69. The van der Waals surface area contributed by atoms with Gasteiger partial charge in [0.1, 0.15) is 5.82 Å². The predicted molar refractivity (Wildman–Crippen MR) is 92.2 cm³/mol. The fourth-order valence-electron chi connectivity index (χ4n) is 2.40. The molecule has 0 spiro atoms. The molecule has 0 saturated carbocycles. The SMILES string of the molecule is CC(C)[C@H](NC(=O)N(C)Cc1ccccc1Cl)c1nccn1C. The molecule has 0 bridgehead atoms. The van der Waals surface area contributed by atoms with Crippen molar-refractivity contribution in [2.24, 2.45) is 13.0 Å². The molecule has 23 heavy (non-hydrogen) atoms. The standard InChI is InChI=1S/C17H23ClN4O/c1-12(2)15(16-19-9-10-21(16)3)20-17(23)22(4)11-13-7-5-6-8-14(13)18/h5-10,12,15H,11H2,1-4H3,(H,20,23)/t15-/m0/s1. The minimum absolute atomic E-state index is 0.142. The van der Waals surface area contributed by atoms with E-state index in [1.165, 1.54) is 0 Å². The third-order valence-electron chi connectivity index (χ3n) is 3.79. The molecule has 2 rings (SSSR count). The summed E-state index contributed by atoms with van der Waals surface area (Å²) in [5.74, 6) is 1.08. The smallest absolute Gasteiger partial charge is 0.318 e. The van der Waals surface area contributed by atoms with E-state index in [2.05, 4.69) is 24.1 Å². The first-order valence-electron chi connectivity index (χ1n) is 7.62. The van der Waals surface area contributed by atoms with E-state index in [9.17, 15) is 4.79 Å². The first-order chi connectivity index (χ1) is 10.9. The van der Waals surface area contributed by atoms with Crippen LogP contribution in [0.3, 0.4) is 0 Å². The Morgan fingerprint density at radius 3 is 2.65 bits per heavy atom. The molecule has 0 saturated heterocycles. The van der Waals surface area contributed by atoms with Gasteiger partial charge in [-0.2, -0.15) is 0 Å². The Morgan fingerprint density at radius 1 is 1.39 bits per heavy atom. The van der Waals surface area contributed by atoms with Crippen LogP contribution in [0.1, 0.15) is 31.3 Å². The molecule has 0 fully saturated rings. The molecule has 0 unspecified atom stereocenters. The average Bonchev–Trinajstić information content (AvgIpc) is 2.92. The lowest BCUT2D eigenvalue weighted by molar-refractivity contribution is 0.197. The molecule has 0 radical (unpaired) electrons. The van der Waals surface area contributed by atoms with Gasteiger partial charge in [0.25, 0.3) is 0 Å². The lowest BCUT2D eigenvalue weighted by Crippen LogP contribution is -2.41. The number of nitrogens with zero attached hydrogens (tertiary/aromatic N) is 3. The second-order valence-electron chi connectivity index (χ2n) is 6.01. The van der Waals surface area contributed by atoms with Gasteiger partial charge in [-0.3, -0.25) is 0 Å². The number of aryl methyl sites for hydroxylation is 1. The second-order valence-corrected chi connectivity index (χ2v) is 6.42. The monoisotopic (exact) mass is 334 g/mol. The number of halogens is 1. The Kier molecular flexibility index (Phi) is 5.66. The second kappa shape index (κ2) is 7.51. The van der Waals surface area contributed by atoms with Gasteiger partial charge in [0.15, 0.2) is 0 Å². The minimum atomic E-state index is -0.147. The van der Waals surface area contributed by atoms with Gasteiger partial charge in [-0.15, -0.1) is 0 Å². The van der Waals surface area contributed by atoms with Crippen LogP contribution in [0.25, 0.3) is 0 Å². The van der Waals surface area contributed by atoms with Crippen LogP contribution in [-0.2, 0) is 13.6 Å². The lowest BCUT2D eigenvalue weighted by Gasteiger charge is -2.26. The molecule has 0 aliphatic rings. The van der Waals surface area contributed by atoms with Crippen molar-refractivity contribution in [3.8, 4) is 0 Å². The molecule has 0 aliphatic carbocycles. The number of benzene rings is 1. The molecule has 1 atom stereocenters. The topological polar surface area (TPSA) is 50.2 Å². The Hall–Kier alpha value is -2.01. The summed E-state index contributed by atoms with van der Waals surface area (Å²) in [6, 6.07) is 7.25. The maximum atomic E-state index is 12.5. The Balaban J connectivity index is 2.07. The molecule has 124 valence electrons. The molecule has 2 amide bonds. The number of carbonyl (C=O) groups excluding carboxylic acids is 1. The van der Waals surface area contributed by atoms with Gasteiger partial charge >= 0.3 is 6.03 Å². The summed E-state index contributed by atoms with van der Waals surface area (Å²) >= 11 is 6.16. The van der Waals surface area contributed by atoms with Crippen LogP contribution in [0.2, 0.25) is 5.02 Å². The number of hydrogen-bond acceptors (Lipinski definition) is 2. The molecule has 0 aliphatic heterocycles. The van der Waals surface area contributed by atoms with Crippen molar-refractivity contribution in [2.75, 3.05) is 7.05 Å². The zero-order valence-corrected chi connectivity index (χ0v) is 14.7. The summed E-state index contributed by atoms with van der Waals surface area (Å²) in [5.41, 5.74) is 0.921. The summed E-state index contributed by atoms with van der Waals surface area (Å²) in [4.78, 5) is 18.5. The molecule has 1 aromatic heterocycles. The van der Waals surface area contributed by atoms with Gasteiger partial charge in [-0.05, 0) is 17.5 Å². The number of amides is 2. The third-order valence-corrected chi connectivity index (χ3v) is 4.16. The molecule has 2 aromatic rings. The number of aromatic nitrogens is 2. The number of carbonyl (C=O) groups is 1. The van der Waals surface area contributed by atoms with Crippen LogP contribution in [-0.4, -0.2) is 27.5 Å². The van der Waals surface area contributed by atoms with Crippen LogP contribution >= 0.6 is 11.6 Å². The van der Waals surface area contributed by atoms with Crippen molar-refractivity contribution in [1.82, 2.24) is 19.8 Å². The van der Waals surface area contributed by atoms with Crippen LogP contribution < -0.4 is 5.32 Å². The normalized spacial score (nSPS) is 12.3. The van der Waals surface area contributed by atoms with Gasteiger partial charge in [0, 0.05) is 38.1 Å². The van der Waals surface area contributed by atoms with E-state index >= 15 is 0 Å². The molecule has 1 N–H and O–H groups in total. The number of urea groups is 1. The van der Waals surface area contributed by atoms with Crippen molar-refractivity contribution in [3.63, 3.8) is 0 Å². The third kappa shape index (κ3) is 4.26. The molecule has 1 aromatic carbocycles. The first kappa shape index (κ1) is 17.3. The highest BCUT2D eigenvalue weighted by Crippen LogP contribution is 2.21. The zero-order valence-electron chi connectivity index (χ0n) is 14.0. The predicted octanol–water partition coefficient (Wildman–Crippen LogP) is 3.61. The highest BCUT2D eigenvalue weighted by Gasteiger charge is 2.23. The highest BCUT2D eigenvalue weighted by atomic mass is 35.5. The molecule has 1 heterocycles. The Labute approximate surface area is 142 Å². The highest BCUT2D eigenvalue weighted by molar-refractivity contribution is 6.31. The van der Waals surface area contributed by atoms with Crippen LogP contribution in [0, 0.1) is 5.92 Å². The van der Waals surface area contributed by atoms with Crippen molar-refractivity contribution in [3.05, 3.63) is 53.1 Å². The fraction of sp³-hybridized carbons (Fsp3) is 0.412. The average molecular weight is 335 g/mol. The van der Waals surface area contributed by atoms with Gasteiger partial charge in [0.2, 0.25) is 0 Å². The van der Waals surface area contributed by atoms with Gasteiger partial charge in [-0.1, -0.05) is 43.6 Å². The van der Waals surface area contributed by atoms with E-state index in [0.717, 1.165) is 11.4 Å². The zero-order chi connectivity index (χ0) is 17.0. The summed E-state index contributed by atoms with van der Waals surface area (Å²) < 4.78 is 1.93. The van der Waals surface area contributed by atoms with Crippen LogP contribution in [0.15, 0.2) is 36.7 Å². The molecule has 5 nitrogen and oxygen atoms in total. The first-order valence-corrected chi connectivity index (χ1v) is 8.00. The van der Waals surface area contributed by atoms with E-state index < -0.39 is 0 Å². The van der Waals surface area contributed by atoms with Crippen LogP contribution in [0.5, 0.6) is 0 Å². The molecular formula is C17H23ClN4O. The van der Waals surface area contributed by atoms with Crippen molar-refractivity contribution in [2.45, 2.75) is 26.4 Å². The largest absolute Gasteiger partial charge is 0.336 e. The number of nitrogens with one attached hydrogen (secondary N) is 1. The van der Waals surface area contributed by atoms with E-state index in [4.69, 9.17) is 11.6 Å². The number of imidazole rings is 1. The van der Waals surface area contributed by atoms with E-state index in [0.29, 0.717) is 11.6 Å². The maximum absolute atomic E-state index is 12.5. The summed E-state index contributed by atoms with van der Waals surface area (Å²) in [6.45, 7) is 4.58. The summed E-state index contributed by atoms with van der Waals surface area (Å²) in [6.07, 6.45) is 3.62. The number of rotatable bonds is 5. The van der Waals surface area contributed by atoms with E-state index in [1.807, 2.05) is 42.1 Å². The minimum Gasteiger partial charge on any atom is -0.336 e. The lowest BCUT2D eigenvalue weighted by atomic mass is 10.0. The van der Waals surface area contributed by atoms with E-state index in [-0.39, 0.29) is 18.0 Å². The maximum Gasteiger partial charge on any atom is 0.318 e. The van der Waals surface area contributed by atoms with Crippen molar-refractivity contribution in [1.29, 1.82) is 0 Å². The van der Waals surface area contributed by atoms with Crippen molar-refractivity contribution >= 4 is 17.6 Å². The Bertz CT molecular complexity index is 668. The van der Waals surface area contributed by atoms with Gasteiger partial charge < -0.3 is 14.8 Å². The van der Waals surface area contributed by atoms with Crippen molar-refractivity contribution < 1.29 is 4.79 Å². The number of hydrogen-bond donors (Lipinski definition) is 1. The quantitative estimate of drug-likeness (QED) is 0.908. The van der Waals surface area contributed by atoms with E-state index in [1.54, 1.807) is 18.1 Å². The Morgan fingerprint density at radius 2 is 2.09 bits per heavy atom.